The van der Waals surface area contributed by atoms with E-state index in [2.05, 4.69) is 117 Å². The number of rotatable bonds is 0. The van der Waals surface area contributed by atoms with Gasteiger partial charge in [-0.3, -0.25) is 13.6 Å². The molecular formula is C32H47Ni3O2-9. The van der Waals surface area contributed by atoms with Crippen LogP contribution in [0.25, 0.3) is 0 Å². The van der Waals surface area contributed by atoms with Crippen molar-refractivity contribution in [1.82, 2.24) is 0 Å². The van der Waals surface area contributed by atoms with E-state index in [0.29, 0.717) is 0 Å². The molecule has 0 aliphatic carbocycles. The van der Waals surface area contributed by atoms with Crippen LogP contribution in [0, 0.1) is 104 Å². The molecule has 5 heteroatoms. The second-order valence-corrected chi connectivity index (χ2v) is 9.38. The molecule has 0 aromatic heterocycles. The van der Waals surface area contributed by atoms with E-state index in [0.717, 1.165) is 0 Å². The second-order valence-electron chi connectivity index (χ2n) is 9.38. The van der Waals surface area contributed by atoms with Gasteiger partial charge in [0.1, 0.15) is 0 Å². The molecule has 0 bridgehead atoms. The van der Waals surface area contributed by atoms with Crippen LogP contribution in [-0.2, 0) is 59.1 Å². The molecule has 0 aliphatic heterocycles. The predicted octanol–water partition coefficient (Wildman–Crippen LogP) is 8.29. The molecule has 226 valence electrons. The SMILES string of the molecule is C[c-]1[c-](C)[c-](C)[c-](C)[c-]1C.Cc1c(C)c(C)[c-](C)c1C.Cc1c(C)c(C)[c-](C)c1C.[CH-]=O.[CH-]=O.[Ni].[Ni].[Ni]. The second kappa shape index (κ2) is 20.8. The van der Waals surface area contributed by atoms with E-state index in [9.17, 15) is 0 Å². The van der Waals surface area contributed by atoms with Gasteiger partial charge in [0.05, 0.1) is 0 Å². The summed E-state index contributed by atoms with van der Waals surface area (Å²) >= 11 is 0. The quantitative estimate of drug-likeness (QED) is 0.141. The first kappa shape index (κ1) is 45.8. The molecule has 0 radical (unpaired) electrons. The van der Waals surface area contributed by atoms with Gasteiger partial charge in [-0.05, 0) is 0 Å². The van der Waals surface area contributed by atoms with Crippen molar-refractivity contribution in [1.29, 1.82) is 0 Å². The summed E-state index contributed by atoms with van der Waals surface area (Å²) in [5, 5.41) is 0. The maximum atomic E-state index is 7.75. The normalized spacial score (nSPS) is 8.73. The van der Waals surface area contributed by atoms with Gasteiger partial charge in [0.15, 0.2) is 0 Å². The van der Waals surface area contributed by atoms with Crippen molar-refractivity contribution < 1.29 is 59.1 Å². The van der Waals surface area contributed by atoms with E-state index in [1.54, 1.807) is 0 Å². The largest absolute Gasteiger partial charge is 0.731 e. The van der Waals surface area contributed by atoms with Crippen LogP contribution in [0.15, 0.2) is 0 Å². The zero-order valence-corrected chi connectivity index (χ0v) is 28.4. The van der Waals surface area contributed by atoms with Crippen molar-refractivity contribution in [3.63, 3.8) is 0 Å². The molecule has 37 heavy (non-hydrogen) atoms. The number of hydrogen-bond acceptors (Lipinski definition) is 2. The Hall–Kier alpha value is -1.13. The van der Waals surface area contributed by atoms with Crippen LogP contribution < -0.4 is 0 Å². The fourth-order valence-corrected chi connectivity index (χ4v) is 4.22. The van der Waals surface area contributed by atoms with Gasteiger partial charge in [-0.15, -0.1) is 0 Å². The van der Waals surface area contributed by atoms with Gasteiger partial charge in [0, 0.05) is 49.5 Å². The monoisotopic (exact) mass is 637 g/mol. The van der Waals surface area contributed by atoms with Gasteiger partial charge in [0.25, 0.3) is 0 Å². The first-order valence-electron chi connectivity index (χ1n) is 11.7. The van der Waals surface area contributed by atoms with Gasteiger partial charge < -0.3 is 37.4 Å². The molecule has 0 atom stereocenters. The average Bonchev–Trinajstić information content (AvgIpc) is 3.22. The smallest absolute Gasteiger partial charge is 0 e. The fraction of sp³-hybridized carbons (Fsp3) is 0.469. The van der Waals surface area contributed by atoms with Crippen LogP contribution in [0.5, 0.6) is 0 Å². The van der Waals surface area contributed by atoms with E-state index in [4.69, 9.17) is 9.59 Å². The third-order valence-corrected chi connectivity index (χ3v) is 8.44. The molecule has 3 aromatic rings. The summed E-state index contributed by atoms with van der Waals surface area (Å²) in [7, 11) is 0. The van der Waals surface area contributed by atoms with Crippen LogP contribution in [0.1, 0.15) is 83.5 Å². The van der Waals surface area contributed by atoms with E-state index in [-0.39, 0.29) is 49.5 Å². The Morgan fingerprint density at radius 3 is 0.514 bits per heavy atom. The van der Waals surface area contributed by atoms with Crippen molar-refractivity contribution in [3.05, 3.63) is 83.5 Å². The van der Waals surface area contributed by atoms with Crippen LogP contribution in [0.2, 0.25) is 0 Å². The van der Waals surface area contributed by atoms with E-state index in [1.807, 2.05) is 0 Å². The van der Waals surface area contributed by atoms with Crippen LogP contribution in [-0.4, -0.2) is 13.6 Å². The zero-order chi connectivity index (χ0) is 27.7. The number of hydrogen-bond donors (Lipinski definition) is 0. The third-order valence-electron chi connectivity index (χ3n) is 8.44. The topological polar surface area (TPSA) is 34.1 Å². The van der Waals surface area contributed by atoms with Crippen molar-refractivity contribution in [2.45, 2.75) is 104 Å². The molecule has 0 saturated heterocycles. The first-order valence-corrected chi connectivity index (χ1v) is 11.7. The van der Waals surface area contributed by atoms with E-state index >= 15 is 0 Å². The summed E-state index contributed by atoms with van der Waals surface area (Å²) in [5.74, 6) is 0. The fourth-order valence-electron chi connectivity index (χ4n) is 4.22. The minimum Gasteiger partial charge on any atom is -0.731 e. The summed E-state index contributed by atoms with van der Waals surface area (Å²) in [6, 6.07) is 0. The summed E-state index contributed by atoms with van der Waals surface area (Å²) in [6.07, 6.45) is 0. The molecule has 0 aliphatic rings. The van der Waals surface area contributed by atoms with Crippen molar-refractivity contribution in [2.24, 2.45) is 0 Å². The molecule has 3 rings (SSSR count). The van der Waals surface area contributed by atoms with E-state index in [1.165, 1.54) is 83.5 Å². The van der Waals surface area contributed by atoms with Crippen LogP contribution >= 0.6 is 0 Å². The molecule has 0 saturated carbocycles. The number of carbonyl (C=O) groups excluding carboxylic acids is 2. The predicted molar refractivity (Wildman–Crippen MR) is 151 cm³/mol. The van der Waals surface area contributed by atoms with Gasteiger partial charge in [-0.1, -0.05) is 69.2 Å². The van der Waals surface area contributed by atoms with Gasteiger partial charge in [-0.2, -0.15) is 55.6 Å². The minimum absolute atomic E-state index is 0. The summed E-state index contributed by atoms with van der Waals surface area (Å²) in [4.78, 5) is 15.5. The Kier molecular flexibility index (Phi) is 25.7. The zero-order valence-electron chi connectivity index (χ0n) is 25.4. The maximum absolute atomic E-state index is 7.75. The molecule has 0 unspecified atom stereocenters. The van der Waals surface area contributed by atoms with Crippen LogP contribution in [0.4, 0.5) is 0 Å². The molecule has 2 nitrogen and oxygen atoms in total. The minimum atomic E-state index is 0. The van der Waals surface area contributed by atoms with Crippen molar-refractivity contribution >= 4 is 13.6 Å². The molecule has 0 heterocycles. The summed E-state index contributed by atoms with van der Waals surface area (Å²) in [6.45, 7) is 39.5. The Morgan fingerprint density at radius 1 is 0.351 bits per heavy atom. The molecule has 0 spiro atoms. The Morgan fingerprint density at radius 2 is 0.459 bits per heavy atom. The first-order chi connectivity index (χ1) is 15.7. The summed E-state index contributed by atoms with van der Waals surface area (Å²) < 4.78 is 0. The Balaban J connectivity index is -0.000000125. The molecular weight excluding hydrogens is 592 g/mol. The molecule has 0 fully saturated rings. The average molecular weight is 640 g/mol. The summed E-state index contributed by atoms with van der Waals surface area (Å²) in [5.41, 5.74) is 22.0. The van der Waals surface area contributed by atoms with Crippen molar-refractivity contribution in [3.8, 4) is 0 Å². The molecule has 3 aromatic carbocycles. The van der Waals surface area contributed by atoms with Gasteiger partial charge >= 0.3 is 0 Å². The Bertz CT molecular complexity index is 703. The van der Waals surface area contributed by atoms with Crippen molar-refractivity contribution in [2.75, 3.05) is 0 Å². The van der Waals surface area contributed by atoms with Gasteiger partial charge in [0.2, 0.25) is 0 Å². The third kappa shape index (κ3) is 10.9. The van der Waals surface area contributed by atoms with E-state index < -0.39 is 0 Å². The molecule has 0 amide bonds. The molecule has 0 N–H and O–H groups in total. The van der Waals surface area contributed by atoms with Crippen LogP contribution in [0.3, 0.4) is 0 Å². The van der Waals surface area contributed by atoms with Gasteiger partial charge in [-0.25, -0.2) is 34.6 Å². The Labute approximate surface area is 258 Å². The maximum Gasteiger partial charge on any atom is 0 e. The standard InChI is InChI=1S/3C10H15.2CHO.3Ni/c3*1-6-7(2)9(4)10(5)8(6)3;2*1-2;;;/h3*1-5H3;2*1H;;;/q-5;4*-1;;;.